The van der Waals surface area contributed by atoms with Crippen molar-refractivity contribution in [2.45, 2.75) is 13.0 Å². The van der Waals surface area contributed by atoms with Gasteiger partial charge in [0.15, 0.2) is 11.5 Å². The largest absolute Gasteiger partial charge is 0.493 e. The van der Waals surface area contributed by atoms with Gasteiger partial charge in [0.25, 0.3) is 5.91 Å². The Morgan fingerprint density at radius 2 is 1.81 bits per heavy atom. The van der Waals surface area contributed by atoms with E-state index in [1.165, 1.54) is 6.08 Å². The number of nitrogens with zero attached hydrogens (tertiary/aromatic N) is 1. The molecule has 1 amide bonds. The highest BCUT2D eigenvalue weighted by molar-refractivity contribution is 6.34. The maximum Gasteiger partial charge on any atom is 0.266 e. The lowest BCUT2D eigenvalue weighted by molar-refractivity contribution is -0.112. The van der Waals surface area contributed by atoms with Gasteiger partial charge in [-0.15, -0.1) is 6.58 Å². The second-order valence-corrected chi connectivity index (χ2v) is 8.64. The zero-order valence-electron chi connectivity index (χ0n) is 20.3. The number of rotatable bonds is 9. The molecular formula is C31H25ClN2O3. The zero-order chi connectivity index (χ0) is 26.2. The number of ether oxygens (including phenoxy) is 2. The van der Waals surface area contributed by atoms with Gasteiger partial charge in [0.05, 0.1) is 17.8 Å². The van der Waals surface area contributed by atoms with Crippen molar-refractivity contribution in [1.29, 1.82) is 5.26 Å². The van der Waals surface area contributed by atoms with Crippen molar-refractivity contribution in [3.63, 3.8) is 0 Å². The number of allylic oxidation sites excluding steroid dienone is 1. The molecule has 0 radical (unpaired) electrons. The molecule has 184 valence electrons. The number of methoxy groups -OCH3 is 1. The Balaban J connectivity index is 1.64. The van der Waals surface area contributed by atoms with Crippen LogP contribution in [0, 0.1) is 11.3 Å². The van der Waals surface area contributed by atoms with E-state index in [9.17, 15) is 10.1 Å². The van der Waals surface area contributed by atoms with Gasteiger partial charge in [0.2, 0.25) is 0 Å². The maximum absolute atomic E-state index is 12.8. The molecule has 0 saturated carbocycles. The van der Waals surface area contributed by atoms with Gasteiger partial charge in [-0.1, -0.05) is 72.3 Å². The fraction of sp³-hybridized carbons (Fsp3) is 0.0968. The van der Waals surface area contributed by atoms with Gasteiger partial charge in [-0.3, -0.25) is 4.79 Å². The molecule has 5 nitrogen and oxygen atoms in total. The summed E-state index contributed by atoms with van der Waals surface area (Å²) in [6.45, 7) is 4.21. The van der Waals surface area contributed by atoms with Gasteiger partial charge in [0, 0.05) is 5.56 Å². The molecule has 6 heteroatoms. The van der Waals surface area contributed by atoms with Crippen LogP contribution in [0.15, 0.2) is 97.1 Å². The SMILES string of the molecule is C=CCc1cc(/C=C(\C#N)C(=O)Nc2ccccc2Cl)cc(OC)c1OCc1cccc2ccccc12. The van der Waals surface area contributed by atoms with Gasteiger partial charge in [-0.05, 0) is 58.7 Å². The lowest BCUT2D eigenvalue weighted by atomic mass is 10.0. The molecule has 0 fully saturated rings. The van der Waals surface area contributed by atoms with E-state index in [0.717, 1.165) is 21.9 Å². The van der Waals surface area contributed by atoms with Gasteiger partial charge in [-0.25, -0.2) is 0 Å². The normalized spacial score (nSPS) is 11.0. The number of benzene rings is 4. The summed E-state index contributed by atoms with van der Waals surface area (Å²) >= 11 is 6.14. The number of hydrogen-bond donors (Lipinski definition) is 1. The molecule has 0 aliphatic rings. The van der Waals surface area contributed by atoms with E-state index in [1.807, 2.05) is 36.4 Å². The number of nitriles is 1. The van der Waals surface area contributed by atoms with E-state index in [4.69, 9.17) is 21.1 Å². The number of amides is 1. The fourth-order valence-electron chi connectivity index (χ4n) is 4.03. The lowest BCUT2D eigenvalue weighted by Crippen LogP contribution is -2.13. The second-order valence-electron chi connectivity index (χ2n) is 8.23. The summed E-state index contributed by atoms with van der Waals surface area (Å²) in [7, 11) is 1.56. The average Bonchev–Trinajstić information content (AvgIpc) is 2.92. The van der Waals surface area contributed by atoms with Crippen molar-refractivity contribution < 1.29 is 14.3 Å². The van der Waals surface area contributed by atoms with Crippen LogP contribution in [0.25, 0.3) is 16.8 Å². The first-order valence-electron chi connectivity index (χ1n) is 11.6. The number of nitrogens with one attached hydrogen (secondary N) is 1. The first-order chi connectivity index (χ1) is 18.0. The standard InChI is InChI=1S/C31H25ClN2O3/c1-3-9-23-16-21(17-25(19-33)31(35)34-28-15-7-6-14-27(28)32)18-29(36-2)30(23)37-20-24-12-8-11-22-10-4-5-13-26(22)24/h3-8,10-18H,1,9,20H2,2H3,(H,34,35)/b25-17+. The molecule has 1 N–H and O–H groups in total. The van der Waals surface area contributed by atoms with Gasteiger partial charge >= 0.3 is 0 Å². The van der Waals surface area contributed by atoms with Gasteiger partial charge in [0.1, 0.15) is 18.2 Å². The third-order valence-corrected chi connectivity index (χ3v) is 6.12. The molecular weight excluding hydrogens is 484 g/mol. The Bertz CT molecular complexity index is 1530. The van der Waals surface area contributed by atoms with E-state index in [1.54, 1.807) is 43.5 Å². The molecule has 4 aromatic carbocycles. The Morgan fingerprint density at radius 3 is 2.57 bits per heavy atom. The monoisotopic (exact) mass is 508 g/mol. The number of halogens is 1. The number of carbonyl (C=O) groups is 1. The third-order valence-electron chi connectivity index (χ3n) is 5.79. The van der Waals surface area contributed by atoms with E-state index >= 15 is 0 Å². The number of para-hydroxylation sites is 1. The number of fused-ring (bicyclic) bond motifs is 1. The van der Waals surface area contributed by atoms with Crippen molar-refractivity contribution >= 4 is 40.0 Å². The Kier molecular flexibility index (Phi) is 8.25. The molecule has 0 spiro atoms. The summed E-state index contributed by atoms with van der Waals surface area (Å²) in [5.74, 6) is 0.525. The van der Waals surface area contributed by atoms with E-state index in [2.05, 4.69) is 30.1 Å². The van der Waals surface area contributed by atoms with E-state index in [-0.39, 0.29) is 5.57 Å². The first kappa shape index (κ1) is 25.6. The fourth-order valence-corrected chi connectivity index (χ4v) is 4.21. The molecule has 0 heterocycles. The van der Waals surface area contributed by atoms with Crippen LogP contribution in [0.3, 0.4) is 0 Å². The minimum Gasteiger partial charge on any atom is -0.493 e. The first-order valence-corrected chi connectivity index (χ1v) is 12.0. The van der Waals surface area contributed by atoms with Crippen LogP contribution in [0.4, 0.5) is 5.69 Å². The molecule has 0 aliphatic carbocycles. The molecule has 0 saturated heterocycles. The summed E-state index contributed by atoms with van der Waals surface area (Å²) in [6, 6.07) is 26.7. The van der Waals surface area contributed by atoms with Crippen LogP contribution in [0.5, 0.6) is 11.5 Å². The van der Waals surface area contributed by atoms with Crippen molar-refractivity contribution in [3.05, 3.63) is 119 Å². The second kappa shape index (κ2) is 11.9. The molecule has 0 aromatic heterocycles. The average molecular weight is 509 g/mol. The molecule has 0 bridgehead atoms. The van der Waals surface area contributed by atoms with Crippen LogP contribution in [-0.2, 0) is 17.8 Å². The molecule has 0 aliphatic heterocycles. The summed E-state index contributed by atoms with van der Waals surface area (Å²) in [5.41, 5.74) is 2.85. The molecule has 0 unspecified atom stereocenters. The predicted molar refractivity (Wildman–Crippen MR) is 149 cm³/mol. The molecule has 4 rings (SSSR count). The van der Waals surface area contributed by atoms with Crippen LogP contribution >= 0.6 is 11.6 Å². The molecule has 4 aromatic rings. The quantitative estimate of drug-likeness (QED) is 0.146. The Morgan fingerprint density at radius 1 is 1.05 bits per heavy atom. The topological polar surface area (TPSA) is 71.4 Å². The smallest absolute Gasteiger partial charge is 0.266 e. The maximum atomic E-state index is 12.8. The minimum absolute atomic E-state index is 0.0732. The van der Waals surface area contributed by atoms with Crippen LogP contribution < -0.4 is 14.8 Å². The summed E-state index contributed by atoms with van der Waals surface area (Å²) in [6.07, 6.45) is 3.79. The highest BCUT2D eigenvalue weighted by Gasteiger charge is 2.16. The van der Waals surface area contributed by atoms with Gasteiger partial charge < -0.3 is 14.8 Å². The highest BCUT2D eigenvalue weighted by Crippen LogP contribution is 2.35. The minimum atomic E-state index is -0.559. The number of hydrogen-bond acceptors (Lipinski definition) is 4. The van der Waals surface area contributed by atoms with Crippen molar-refractivity contribution in [2.24, 2.45) is 0 Å². The Labute approximate surface area is 221 Å². The zero-order valence-corrected chi connectivity index (χ0v) is 21.1. The van der Waals surface area contributed by atoms with E-state index < -0.39 is 5.91 Å². The van der Waals surface area contributed by atoms with Crippen molar-refractivity contribution in [2.75, 3.05) is 12.4 Å². The molecule has 0 atom stereocenters. The Hall–Kier alpha value is -4.53. The summed E-state index contributed by atoms with van der Waals surface area (Å²) in [4.78, 5) is 12.8. The lowest BCUT2D eigenvalue weighted by Gasteiger charge is -2.17. The van der Waals surface area contributed by atoms with Crippen molar-refractivity contribution in [3.8, 4) is 17.6 Å². The predicted octanol–water partition coefficient (Wildman–Crippen LogP) is 7.35. The summed E-state index contributed by atoms with van der Waals surface area (Å²) < 4.78 is 11.9. The van der Waals surface area contributed by atoms with Crippen LogP contribution in [0.1, 0.15) is 16.7 Å². The van der Waals surface area contributed by atoms with Gasteiger partial charge in [-0.2, -0.15) is 5.26 Å². The number of carbonyl (C=O) groups excluding carboxylic acids is 1. The molecule has 37 heavy (non-hydrogen) atoms. The highest BCUT2D eigenvalue weighted by atomic mass is 35.5. The van der Waals surface area contributed by atoms with Crippen LogP contribution in [0.2, 0.25) is 5.02 Å². The van der Waals surface area contributed by atoms with E-state index in [0.29, 0.717) is 40.8 Å². The van der Waals surface area contributed by atoms with Crippen LogP contribution in [-0.4, -0.2) is 13.0 Å². The van der Waals surface area contributed by atoms with Crippen molar-refractivity contribution in [1.82, 2.24) is 0 Å². The third kappa shape index (κ3) is 6.00. The number of anilines is 1. The summed E-state index contributed by atoms with van der Waals surface area (Å²) in [5, 5.41) is 15.0.